The van der Waals surface area contributed by atoms with Gasteiger partial charge in [-0.25, -0.2) is 4.39 Å². The van der Waals surface area contributed by atoms with Crippen LogP contribution >= 0.6 is 12.4 Å². The van der Waals surface area contributed by atoms with E-state index in [1.54, 1.807) is 12.1 Å². The van der Waals surface area contributed by atoms with E-state index in [1.165, 1.54) is 12.1 Å². The number of hydrogen-bond donors (Lipinski definition) is 1. The van der Waals surface area contributed by atoms with Crippen LogP contribution in [-0.2, 0) is 6.42 Å². The SMILES string of the molecule is CC(N)Cc1ccc(F)cc1.Cl. The van der Waals surface area contributed by atoms with Gasteiger partial charge in [0.1, 0.15) is 5.82 Å². The van der Waals surface area contributed by atoms with Crippen LogP contribution in [-0.4, -0.2) is 6.04 Å². The molecule has 0 aliphatic carbocycles. The number of rotatable bonds is 2. The lowest BCUT2D eigenvalue weighted by atomic mass is 10.1. The maximum atomic E-state index is 12.4. The summed E-state index contributed by atoms with van der Waals surface area (Å²) in [5.41, 5.74) is 6.65. The van der Waals surface area contributed by atoms with Gasteiger partial charge in [0, 0.05) is 6.04 Å². The first-order valence-electron chi connectivity index (χ1n) is 3.68. The van der Waals surface area contributed by atoms with E-state index in [9.17, 15) is 4.39 Å². The molecule has 68 valence electrons. The average molecular weight is 190 g/mol. The Hall–Kier alpha value is -0.600. The summed E-state index contributed by atoms with van der Waals surface area (Å²) in [5, 5.41) is 0. The van der Waals surface area contributed by atoms with Gasteiger partial charge >= 0.3 is 0 Å². The van der Waals surface area contributed by atoms with Gasteiger partial charge in [0.05, 0.1) is 0 Å². The molecule has 1 nitrogen and oxygen atoms in total. The first-order valence-corrected chi connectivity index (χ1v) is 3.68. The summed E-state index contributed by atoms with van der Waals surface area (Å²) in [6.45, 7) is 1.93. The number of benzene rings is 1. The zero-order valence-corrected chi connectivity index (χ0v) is 7.77. The maximum absolute atomic E-state index is 12.4. The van der Waals surface area contributed by atoms with Crippen molar-refractivity contribution < 1.29 is 4.39 Å². The summed E-state index contributed by atoms with van der Waals surface area (Å²) >= 11 is 0. The van der Waals surface area contributed by atoms with Crippen molar-refractivity contribution in [2.24, 2.45) is 5.73 Å². The minimum absolute atomic E-state index is 0. The summed E-state index contributed by atoms with van der Waals surface area (Å²) in [4.78, 5) is 0. The highest BCUT2D eigenvalue weighted by atomic mass is 35.5. The van der Waals surface area contributed by atoms with Crippen LogP contribution in [0.2, 0.25) is 0 Å². The highest BCUT2D eigenvalue weighted by Gasteiger charge is 1.96. The molecule has 0 saturated carbocycles. The zero-order chi connectivity index (χ0) is 8.27. The van der Waals surface area contributed by atoms with Crippen molar-refractivity contribution in [3.63, 3.8) is 0 Å². The lowest BCUT2D eigenvalue weighted by Gasteiger charge is -2.03. The highest BCUT2D eigenvalue weighted by Crippen LogP contribution is 2.04. The molecule has 12 heavy (non-hydrogen) atoms. The molecular formula is C9H13ClFN. The highest BCUT2D eigenvalue weighted by molar-refractivity contribution is 5.85. The molecule has 2 N–H and O–H groups in total. The quantitative estimate of drug-likeness (QED) is 0.758. The molecule has 0 amide bonds. The molecule has 0 fully saturated rings. The summed E-state index contributed by atoms with van der Waals surface area (Å²) in [5.74, 6) is -0.196. The second-order valence-corrected chi connectivity index (χ2v) is 2.81. The predicted molar refractivity (Wildman–Crippen MR) is 51.0 cm³/mol. The smallest absolute Gasteiger partial charge is 0.123 e. The van der Waals surface area contributed by atoms with Crippen LogP contribution in [0.4, 0.5) is 4.39 Å². The molecule has 0 aromatic heterocycles. The van der Waals surface area contributed by atoms with Gasteiger partial charge in [0.15, 0.2) is 0 Å². The van der Waals surface area contributed by atoms with E-state index in [0.717, 1.165) is 12.0 Å². The normalized spacial score (nSPS) is 11.9. The number of halogens is 2. The molecule has 0 radical (unpaired) electrons. The Morgan fingerprint density at radius 2 is 1.83 bits per heavy atom. The fourth-order valence-corrected chi connectivity index (χ4v) is 0.992. The topological polar surface area (TPSA) is 26.0 Å². The predicted octanol–water partition coefficient (Wildman–Crippen LogP) is 2.14. The fourth-order valence-electron chi connectivity index (χ4n) is 0.992. The molecule has 1 aromatic rings. The second-order valence-electron chi connectivity index (χ2n) is 2.81. The third-order valence-corrected chi connectivity index (χ3v) is 1.47. The molecule has 0 bridgehead atoms. The van der Waals surface area contributed by atoms with E-state index >= 15 is 0 Å². The van der Waals surface area contributed by atoms with Crippen molar-refractivity contribution in [2.75, 3.05) is 0 Å². The number of hydrogen-bond acceptors (Lipinski definition) is 1. The Labute approximate surface area is 78.2 Å². The first kappa shape index (κ1) is 11.4. The van der Waals surface area contributed by atoms with Crippen LogP contribution in [0.3, 0.4) is 0 Å². The zero-order valence-electron chi connectivity index (χ0n) is 6.96. The van der Waals surface area contributed by atoms with E-state index in [2.05, 4.69) is 0 Å². The third kappa shape index (κ3) is 3.69. The van der Waals surface area contributed by atoms with Crippen molar-refractivity contribution in [3.8, 4) is 0 Å². The summed E-state index contributed by atoms with van der Waals surface area (Å²) in [6, 6.07) is 6.58. The van der Waals surface area contributed by atoms with Crippen LogP contribution < -0.4 is 5.73 Å². The van der Waals surface area contributed by atoms with Crippen molar-refractivity contribution in [2.45, 2.75) is 19.4 Å². The third-order valence-electron chi connectivity index (χ3n) is 1.47. The van der Waals surface area contributed by atoms with Crippen molar-refractivity contribution >= 4 is 12.4 Å². The minimum atomic E-state index is -0.196. The van der Waals surface area contributed by atoms with Crippen LogP contribution in [0, 0.1) is 5.82 Å². The van der Waals surface area contributed by atoms with Crippen molar-refractivity contribution in [1.82, 2.24) is 0 Å². The van der Waals surface area contributed by atoms with E-state index in [4.69, 9.17) is 5.73 Å². The summed E-state index contributed by atoms with van der Waals surface area (Å²) in [7, 11) is 0. The second kappa shape index (κ2) is 5.12. The van der Waals surface area contributed by atoms with Gasteiger partial charge in [-0.15, -0.1) is 12.4 Å². The minimum Gasteiger partial charge on any atom is -0.328 e. The van der Waals surface area contributed by atoms with Gasteiger partial charge < -0.3 is 5.73 Å². The van der Waals surface area contributed by atoms with Gasteiger partial charge in [-0.2, -0.15) is 0 Å². The Bertz CT molecular complexity index is 220. The first-order chi connectivity index (χ1) is 5.18. The lowest BCUT2D eigenvalue weighted by Crippen LogP contribution is -2.17. The van der Waals surface area contributed by atoms with Gasteiger partial charge in [-0.3, -0.25) is 0 Å². The standard InChI is InChI=1S/C9H12FN.ClH/c1-7(11)6-8-2-4-9(10)5-3-8;/h2-5,7H,6,11H2,1H3;1H. The molecule has 0 saturated heterocycles. The van der Waals surface area contributed by atoms with E-state index < -0.39 is 0 Å². The average Bonchev–Trinajstić information content (AvgIpc) is 1.93. The van der Waals surface area contributed by atoms with E-state index in [1.807, 2.05) is 6.92 Å². The van der Waals surface area contributed by atoms with Crippen LogP contribution in [0.5, 0.6) is 0 Å². The largest absolute Gasteiger partial charge is 0.328 e. The molecule has 1 aromatic carbocycles. The summed E-state index contributed by atoms with van der Waals surface area (Å²) < 4.78 is 12.4. The number of nitrogens with two attached hydrogens (primary N) is 1. The molecule has 0 heterocycles. The van der Waals surface area contributed by atoms with Gasteiger partial charge in [0.25, 0.3) is 0 Å². The molecule has 0 aliphatic heterocycles. The Morgan fingerprint density at radius 1 is 1.33 bits per heavy atom. The molecule has 1 atom stereocenters. The van der Waals surface area contributed by atoms with E-state index in [0.29, 0.717) is 0 Å². The maximum Gasteiger partial charge on any atom is 0.123 e. The molecule has 0 spiro atoms. The Balaban J connectivity index is 0.00000121. The molecular weight excluding hydrogens is 177 g/mol. The molecule has 3 heteroatoms. The van der Waals surface area contributed by atoms with Gasteiger partial charge in [-0.1, -0.05) is 12.1 Å². The van der Waals surface area contributed by atoms with Crippen LogP contribution in [0.15, 0.2) is 24.3 Å². The Kier molecular flexibility index (Phi) is 4.86. The van der Waals surface area contributed by atoms with Crippen molar-refractivity contribution in [3.05, 3.63) is 35.6 Å². The molecule has 1 rings (SSSR count). The Morgan fingerprint density at radius 3 is 2.25 bits per heavy atom. The monoisotopic (exact) mass is 189 g/mol. The fraction of sp³-hybridized carbons (Fsp3) is 0.333. The van der Waals surface area contributed by atoms with Crippen molar-refractivity contribution in [1.29, 1.82) is 0 Å². The van der Waals surface area contributed by atoms with Gasteiger partial charge in [0.2, 0.25) is 0 Å². The molecule has 1 unspecified atom stereocenters. The van der Waals surface area contributed by atoms with Crippen LogP contribution in [0.1, 0.15) is 12.5 Å². The summed E-state index contributed by atoms with van der Waals surface area (Å²) in [6.07, 6.45) is 0.806. The van der Waals surface area contributed by atoms with Gasteiger partial charge in [-0.05, 0) is 31.0 Å². The van der Waals surface area contributed by atoms with Crippen LogP contribution in [0.25, 0.3) is 0 Å². The lowest BCUT2D eigenvalue weighted by molar-refractivity contribution is 0.626. The molecule has 0 aliphatic rings. The van der Waals surface area contributed by atoms with E-state index in [-0.39, 0.29) is 24.3 Å².